The summed E-state index contributed by atoms with van der Waals surface area (Å²) >= 11 is 0. The molecule has 0 aromatic heterocycles. The first-order valence-electron chi connectivity index (χ1n) is 9.00. The number of hydrogen-bond donors (Lipinski definition) is 1. The Morgan fingerprint density at radius 2 is 1.70 bits per heavy atom. The Bertz CT molecular complexity index is 783. The zero-order valence-electron chi connectivity index (χ0n) is 15.9. The summed E-state index contributed by atoms with van der Waals surface area (Å²) in [6, 6.07) is 11.3. The van der Waals surface area contributed by atoms with Crippen LogP contribution < -0.4 is 24.3 Å². The van der Waals surface area contributed by atoms with E-state index in [0.717, 1.165) is 34.1 Å². The number of carbonyl (C=O) groups excluding carboxylic acids is 1. The predicted molar refractivity (Wildman–Crippen MR) is 102 cm³/mol. The summed E-state index contributed by atoms with van der Waals surface area (Å²) in [6.45, 7) is 3.06. The number of benzene rings is 2. The summed E-state index contributed by atoms with van der Waals surface area (Å²) < 4.78 is 21.7. The van der Waals surface area contributed by atoms with E-state index in [0.29, 0.717) is 26.1 Å². The average molecular weight is 371 g/mol. The minimum atomic E-state index is -0.117. The van der Waals surface area contributed by atoms with Crippen molar-refractivity contribution in [3.05, 3.63) is 47.5 Å². The highest BCUT2D eigenvalue weighted by Gasteiger charge is 2.16. The topological polar surface area (TPSA) is 66.0 Å². The number of rotatable bonds is 7. The maximum absolute atomic E-state index is 12.4. The van der Waals surface area contributed by atoms with Crippen molar-refractivity contribution in [2.45, 2.75) is 25.8 Å². The van der Waals surface area contributed by atoms with E-state index in [1.165, 1.54) is 0 Å². The van der Waals surface area contributed by atoms with Crippen LogP contribution in [0.25, 0.3) is 0 Å². The molecule has 0 spiro atoms. The lowest BCUT2D eigenvalue weighted by molar-refractivity contribution is -0.121. The zero-order chi connectivity index (χ0) is 19.2. The number of ether oxygens (including phenoxy) is 4. The number of carbonyl (C=O) groups is 1. The fourth-order valence-electron chi connectivity index (χ4n) is 2.99. The molecule has 0 saturated heterocycles. The molecule has 144 valence electrons. The van der Waals surface area contributed by atoms with Crippen molar-refractivity contribution in [3.63, 3.8) is 0 Å². The molecule has 1 atom stereocenters. The first-order valence-corrected chi connectivity index (χ1v) is 9.00. The van der Waals surface area contributed by atoms with E-state index in [2.05, 4.69) is 5.32 Å². The summed E-state index contributed by atoms with van der Waals surface area (Å²) in [7, 11) is 3.22. The third kappa shape index (κ3) is 4.84. The van der Waals surface area contributed by atoms with E-state index in [1.807, 2.05) is 43.3 Å². The molecule has 1 aliphatic rings. The van der Waals surface area contributed by atoms with Crippen molar-refractivity contribution in [1.82, 2.24) is 5.32 Å². The Kier molecular flexibility index (Phi) is 6.06. The van der Waals surface area contributed by atoms with Crippen molar-refractivity contribution in [2.24, 2.45) is 0 Å². The lowest BCUT2D eigenvalue weighted by atomic mass is 10.1. The van der Waals surface area contributed by atoms with Crippen molar-refractivity contribution in [1.29, 1.82) is 0 Å². The fourth-order valence-corrected chi connectivity index (χ4v) is 2.99. The molecule has 1 aliphatic heterocycles. The molecule has 0 fully saturated rings. The van der Waals surface area contributed by atoms with Gasteiger partial charge >= 0.3 is 0 Å². The fraction of sp³-hybridized carbons (Fsp3) is 0.381. The predicted octanol–water partition coefficient (Wildman–Crippen LogP) is 3.29. The van der Waals surface area contributed by atoms with Gasteiger partial charge < -0.3 is 24.3 Å². The standard InChI is InChI=1S/C21H25NO5/c1-14(16-5-6-19-20(12-16)27-9-8-26-19)22-21(23)7-4-15-10-17(24-2)13-18(11-15)25-3/h5-6,10-14H,4,7-9H2,1-3H3,(H,22,23). The minimum Gasteiger partial charge on any atom is -0.497 e. The van der Waals surface area contributed by atoms with Crippen LogP contribution in [0.4, 0.5) is 0 Å². The van der Waals surface area contributed by atoms with Gasteiger partial charge in [0, 0.05) is 12.5 Å². The van der Waals surface area contributed by atoms with Gasteiger partial charge in [-0.2, -0.15) is 0 Å². The van der Waals surface area contributed by atoms with E-state index >= 15 is 0 Å². The molecule has 6 nitrogen and oxygen atoms in total. The first kappa shape index (κ1) is 18.9. The van der Waals surface area contributed by atoms with Gasteiger partial charge in [0.2, 0.25) is 5.91 Å². The van der Waals surface area contributed by atoms with Crippen LogP contribution in [0.3, 0.4) is 0 Å². The maximum atomic E-state index is 12.4. The normalized spacial score (nSPS) is 13.6. The number of fused-ring (bicyclic) bond motifs is 1. The second kappa shape index (κ2) is 8.66. The molecule has 0 bridgehead atoms. The Hall–Kier alpha value is -2.89. The van der Waals surface area contributed by atoms with Gasteiger partial charge in [-0.1, -0.05) is 6.07 Å². The highest BCUT2D eigenvalue weighted by atomic mass is 16.6. The number of aryl methyl sites for hydroxylation is 1. The van der Waals surface area contributed by atoms with E-state index in [-0.39, 0.29) is 11.9 Å². The van der Waals surface area contributed by atoms with Crippen LogP contribution in [0.5, 0.6) is 23.0 Å². The SMILES string of the molecule is COc1cc(CCC(=O)NC(C)c2ccc3c(c2)OCCO3)cc(OC)c1. The average Bonchev–Trinajstić information content (AvgIpc) is 2.71. The molecule has 27 heavy (non-hydrogen) atoms. The van der Waals surface area contributed by atoms with Crippen molar-refractivity contribution in [3.8, 4) is 23.0 Å². The van der Waals surface area contributed by atoms with Crippen LogP contribution in [0.15, 0.2) is 36.4 Å². The van der Waals surface area contributed by atoms with Crippen LogP contribution >= 0.6 is 0 Å². The molecule has 0 radical (unpaired) electrons. The Morgan fingerprint density at radius 1 is 1.04 bits per heavy atom. The summed E-state index contributed by atoms with van der Waals surface area (Å²) in [5.74, 6) is 2.89. The third-order valence-corrected chi connectivity index (χ3v) is 4.50. The minimum absolute atomic E-state index is 0.0147. The van der Waals surface area contributed by atoms with Gasteiger partial charge in [-0.05, 0) is 48.7 Å². The lowest BCUT2D eigenvalue weighted by Crippen LogP contribution is -2.27. The van der Waals surface area contributed by atoms with Crippen LogP contribution in [0, 0.1) is 0 Å². The Labute approximate surface area is 159 Å². The zero-order valence-corrected chi connectivity index (χ0v) is 15.9. The van der Waals surface area contributed by atoms with Crippen LogP contribution in [0.2, 0.25) is 0 Å². The molecule has 0 aliphatic carbocycles. The van der Waals surface area contributed by atoms with Gasteiger partial charge in [-0.15, -0.1) is 0 Å². The van der Waals surface area contributed by atoms with Gasteiger partial charge in [-0.25, -0.2) is 0 Å². The van der Waals surface area contributed by atoms with Crippen molar-refractivity contribution < 1.29 is 23.7 Å². The summed E-state index contributed by atoms with van der Waals surface area (Å²) in [5, 5.41) is 3.03. The summed E-state index contributed by atoms with van der Waals surface area (Å²) in [4.78, 5) is 12.4. The van der Waals surface area contributed by atoms with Crippen LogP contribution in [-0.4, -0.2) is 33.3 Å². The Morgan fingerprint density at radius 3 is 2.37 bits per heavy atom. The molecule has 0 saturated carbocycles. The monoisotopic (exact) mass is 371 g/mol. The molecule has 1 amide bonds. The molecule has 1 unspecified atom stereocenters. The van der Waals surface area contributed by atoms with E-state index in [9.17, 15) is 4.79 Å². The quantitative estimate of drug-likeness (QED) is 0.809. The number of nitrogens with one attached hydrogen (secondary N) is 1. The van der Waals surface area contributed by atoms with Gasteiger partial charge in [-0.3, -0.25) is 4.79 Å². The van der Waals surface area contributed by atoms with E-state index in [4.69, 9.17) is 18.9 Å². The number of amides is 1. The molecule has 3 rings (SSSR count). The maximum Gasteiger partial charge on any atom is 0.220 e. The van der Waals surface area contributed by atoms with Crippen LogP contribution in [0.1, 0.15) is 30.5 Å². The molecule has 1 heterocycles. The second-order valence-electron chi connectivity index (χ2n) is 6.41. The van der Waals surface area contributed by atoms with Crippen LogP contribution in [-0.2, 0) is 11.2 Å². The number of methoxy groups -OCH3 is 2. The highest BCUT2D eigenvalue weighted by Crippen LogP contribution is 2.32. The number of hydrogen-bond acceptors (Lipinski definition) is 5. The van der Waals surface area contributed by atoms with Crippen molar-refractivity contribution in [2.75, 3.05) is 27.4 Å². The Balaban J connectivity index is 1.57. The van der Waals surface area contributed by atoms with Gasteiger partial charge in [0.1, 0.15) is 24.7 Å². The highest BCUT2D eigenvalue weighted by molar-refractivity contribution is 5.76. The lowest BCUT2D eigenvalue weighted by Gasteiger charge is -2.21. The van der Waals surface area contributed by atoms with E-state index in [1.54, 1.807) is 14.2 Å². The molecule has 1 N–H and O–H groups in total. The molecule has 6 heteroatoms. The first-order chi connectivity index (χ1) is 13.1. The van der Waals surface area contributed by atoms with E-state index < -0.39 is 0 Å². The molecule has 2 aromatic rings. The second-order valence-corrected chi connectivity index (χ2v) is 6.41. The third-order valence-electron chi connectivity index (χ3n) is 4.50. The van der Waals surface area contributed by atoms with Crippen molar-refractivity contribution >= 4 is 5.91 Å². The summed E-state index contributed by atoms with van der Waals surface area (Å²) in [5.41, 5.74) is 1.98. The smallest absolute Gasteiger partial charge is 0.220 e. The van der Waals surface area contributed by atoms with Gasteiger partial charge in [0.25, 0.3) is 0 Å². The molecule has 2 aromatic carbocycles. The summed E-state index contributed by atoms with van der Waals surface area (Å²) in [6.07, 6.45) is 0.985. The molecular formula is C21H25NO5. The largest absolute Gasteiger partial charge is 0.497 e. The molecular weight excluding hydrogens is 346 g/mol. The van der Waals surface area contributed by atoms with Gasteiger partial charge in [0.05, 0.1) is 20.3 Å². The van der Waals surface area contributed by atoms with Gasteiger partial charge in [0.15, 0.2) is 11.5 Å².